The molecule has 0 fully saturated rings. The van der Waals surface area contributed by atoms with E-state index < -0.39 is 29.8 Å². The standard InChI is InChI=1S/C18H21F2NO3/c1-17(2,3)24-16(23)21-8-6-11-4-5-12-10-18(19,20)15(22)14(12)13(11)7-9-21/h4-5H,6-10H2,1-3H3. The average Bonchev–Trinajstić information content (AvgIpc) is 2.62. The van der Waals surface area contributed by atoms with Crippen molar-refractivity contribution in [1.82, 2.24) is 4.90 Å². The van der Waals surface area contributed by atoms with E-state index >= 15 is 0 Å². The number of rotatable bonds is 0. The van der Waals surface area contributed by atoms with Crippen LogP contribution in [0.1, 0.15) is 47.8 Å². The van der Waals surface area contributed by atoms with E-state index in [9.17, 15) is 18.4 Å². The smallest absolute Gasteiger partial charge is 0.410 e. The zero-order valence-electron chi connectivity index (χ0n) is 14.1. The van der Waals surface area contributed by atoms with E-state index in [0.717, 1.165) is 5.56 Å². The number of hydrogen-bond acceptors (Lipinski definition) is 3. The first-order valence-electron chi connectivity index (χ1n) is 8.13. The number of halogens is 2. The molecule has 4 nitrogen and oxygen atoms in total. The maximum Gasteiger partial charge on any atom is 0.410 e. The summed E-state index contributed by atoms with van der Waals surface area (Å²) in [7, 11) is 0. The lowest BCUT2D eigenvalue weighted by atomic mass is 9.94. The molecular weight excluding hydrogens is 316 g/mol. The number of Topliss-reactive ketones (excluding diaryl/α,β-unsaturated/α-hetero) is 1. The van der Waals surface area contributed by atoms with Gasteiger partial charge in [0.2, 0.25) is 5.78 Å². The maximum atomic E-state index is 13.8. The molecule has 0 spiro atoms. The van der Waals surface area contributed by atoms with E-state index in [0.29, 0.717) is 37.1 Å². The molecule has 0 saturated carbocycles. The van der Waals surface area contributed by atoms with Gasteiger partial charge in [0.05, 0.1) is 0 Å². The fourth-order valence-corrected chi connectivity index (χ4v) is 3.31. The molecule has 1 amide bonds. The molecule has 1 aromatic rings. The summed E-state index contributed by atoms with van der Waals surface area (Å²) in [6.45, 7) is 6.20. The summed E-state index contributed by atoms with van der Waals surface area (Å²) < 4.78 is 32.9. The third-order valence-electron chi connectivity index (χ3n) is 4.40. The second kappa shape index (κ2) is 5.53. The molecule has 24 heavy (non-hydrogen) atoms. The minimum atomic E-state index is -3.31. The van der Waals surface area contributed by atoms with Gasteiger partial charge in [0.15, 0.2) is 0 Å². The van der Waals surface area contributed by atoms with Crippen LogP contribution in [0, 0.1) is 0 Å². The zero-order valence-corrected chi connectivity index (χ0v) is 14.1. The molecule has 0 radical (unpaired) electrons. The lowest BCUT2D eigenvalue weighted by molar-refractivity contribution is 0.0167. The Balaban J connectivity index is 1.85. The Morgan fingerprint density at radius 3 is 2.46 bits per heavy atom. The van der Waals surface area contributed by atoms with Gasteiger partial charge in [-0.15, -0.1) is 0 Å². The summed E-state index contributed by atoms with van der Waals surface area (Å²) in [5.74, 6) is -4.39. The third kappa shape index (κ3) is 3.01. The number of hydrogen-bond donors (Lipinski definition) is 0. The molecule has 1 aliphatic carbocycles. The maximum absolute atomic E-state index is 13.8. The summed E-state index contributed by atoms with van der Waals surface area (Å²) in [6, 6.07) is 3.43. The van der Waals surface area contributed by atoms with Crippen molar-refractivity contribution in [1.29, 1.82) is 0 Å². The third-order valence-corrected chi connectivity index (χ3v) is 4.40. The van der Waals surface area contributed by atoms with Crippen molar-refractivity contribution in [2.24, 2.45) is 0 Å². The highest BCUT2D eigenvalue weighted by Gasteiger charge is 2.48. The van der Waals surface area contributed by atoms with Crippen molar-refractivity contribution in [2.45, 2.75) is 51.6 Å². The Morgan fingerprint density at radius 1 is 1.17 bits per heavy atom. The van der Waals surface area contributed by atoms with Crippen molar-refractivity contribution in [2.75, 3.05) is 13.1 Å². The number of amides is 1. The van der Waals surface area contributed by atoms with Crippen LogP contribution in [0.2, 0.25) is 0 Å². The molecule has 0 aromatic heterocycles. The number of fused-ring (bicyclic) bond motifs is 3. The molecule has 0 saturated heterocycles. The molecule has 1 aliphatic heterocycles. The second-order valence-corrected chi connectivity index (χ2v) is 7.42. The van der Waals surface area contributed by atoms with Crippen LogP contribution in [0.15, 0.2) is 12.1 Å². The summed E-state index contributed by atoms with van der Waals surface area (Å²) in [4.78, 5) is 25.9. The average molecular weight is 337 g/mol. The molecule has 1 aromatic carbocycles. The fourth-order valence-electron chi connectivity index (χ4n) is 3.31. The van der Waals surface area contributed by atoms with Crippen LogP contribution >= 0.6 is 0 Å². The summed E-state index contributed by atoms with van der Waals surface area (Å²) in [5, 5.41) is 0. The Kier molecular flexibility index (Phi) is 3.89. The van der Waals surface area contributed by atoms with Crippen LogP contribution in [-0.4, -0.2) is 41.4 Å². The van der Waals surface area contributed by atoms with Crippen LogP contribution in [0.25, 0.3) is 0 Å². The minimum Gasteiger partial charge on any atom is -0.444 e. The van der Waals surface area contributed by atoms with Crippen LogP contribution in [0.3, 0.4) is 0 Å². The van der Waals surface area contributed by atoms with E-state index in [2.05, 4.69) is 0 Å². The first-order chi connectivity index (χ1) is 11.1. The second-order valence-electron chi connectivity index (χ2n) is 7.42. The van der Waals surface area contributed by atoms with Crippen LogP contribution < -0.4 is 0 Å². The van der Waals surface area contributed by atoms with E-state index in [-0.39, 0.29) is 5.56 Å². The summed E-state index contributed by atoms with van der Waals surface area (Å²) in [5.41, 5.74) is 1.53. The van der Waals surface area contributed by atoms with E-state index in [1.54, 1.807) is 37.8 Å². The van der Waals surface area contributed by atoms with Gasteiger partial charge in [-0.05, 0) is 50.3 Å². The van der Waals surface area contributed by atoms with Crippen molar-refractivity contribution in [3.8, 4) is 0 Å². The molecule has 2 aliphatic rings. The van der Waals surface area contributed by atoms with Gasteiger partial charge < -0.3 is 9.64 Å². The highest BCUT2D eigenvalue weighted by Crippen LogP contribution is 2.38. The van der Waals surface area contributed by atoms with Crippen molar-refractivity contribution in [3.05, 3.63) is 34.4 Å². The number of carbonyl (C=O) groups is 2. The number of ether oxygens (including phenoxy) is 1. The van der Waals surface area contributed by atoms with Crippen molar-refractivity contribution >= 4 is 11.9 Å². The number of alkyl halides is 2. The first kappa shape index (κ1) is 16.9. The topological polar surface area (TPSA) is 46.6 Å². The molecule has 6 heteroatoms. The predicted octanol–water partition coefficient (Wildman–Crippen LogP) is 3.40. The Bertz CT molecular complexity index is 707. The first-order valence-corrected chi connectivity index (χ1v) is 8.13. The van der Waals surface area contributed by atoms with Crippen LogP contribution in [-0.2, 0) is 24.0 Å². The number of nitrogens with zero attached hydrogens (tertiary/aromatic N) is 1. The molecular formula is C18H21F2NO3. The normalized spacial score (nSPS) is 19.5. The van der Waals surface area contributed by atoms with E-state index in [4.69, 9.17) is 4.74 Å². The van der Waals surface area contributed by atoms with Gasteiger partial charge in [-0.2, -0.15) is 8.78 Å². The SMILES string of the molecule is CC(C)(C)OC(=O)N1CCc2ccc3c(c2CC1)C(=O)C(F)(F)C3. The number of ketones is 1. The molecule has 130 valence electrons. The van der Waals surface area contributed by atoms with E-state index in [1.807, 2.05) is 0 Å². The lowest BCUT2D eigenvalue weighted by Crippen LogP contribution is -2.38. The Labute approximate surface area is 139 Å². The monoisotopic (exact) mass is 337 g/mol. The zero-order chi connectivity index (χ0) is 17.7. The van der Waals surface area contributed by atoms with Gasteiger partial charge in [-0.25, -0.2) is 4.79 Å². The van der Waals surface area contributed by atoms with Crippen molar-refractivity contribution in [3.63, 3.8) is 0 Å². The summed E-state index contributed by atoms with van der Waals surface area (Å²) in [6.07, 6.45) is -0.0200. The minimum absolute atomic E-state index is 0.170. The van der Waals surface area contributed by atoms with Gasteiger partial charge >= 0.3 is 12.0 Å². The Hall–Kier alpha value is -1.98. The van der Waals surface area contributed by atoms with Gasteiger partial charge in [-0.3, -0.25) is 4.79 Å². The predicted molar refractivity (Wildman–Crippen MR) is 84.6 cm³/mol. The van der Waals surface area contributed by atoms with Gasteiger partial charge in [0.1, 0.15) is 5.60 Å². The molecule has 0 unspecified atom stereocenters. The van der Waals surface area contributed by atoms with E-state index in [1.165, 1.54) is 0 Å². The van der Waals surface area contributed by atoms with Gasteiger partial charge in [0.25, 0.3) is 0 Å². The summed E-state index contributed by atoms with van der Waals surface area (Å²) >= 11 is 0. The highest BCUT2D eigenvalue weighted by atomic mass is 19.3. The number of carbonyl (C=O) groups excluding carboxylic acids is 2. The molecule has 3 rings (SSSR count). The largest absolute Gasteiger partial charge is 0.444 e. The fraction of sp³-hybridized carbons (Fsp3) is 0.556. The molecule has 0 N–H and O–H groups in total. The molecule has 0 bridgehead atoms. The lowest BCUT2D eigenvalue weighted by Gasteiger charge is -2.26. The van der Waals surface area contributed by atoms with Crippen LogP contribution in [0.5, 0.6) is 0 Å². The van der Waals surface area contributed by atoms with Gasteiger partial charge in [-0.1, -0.05) is 12.1 Å². The quantitative estimate of drug-likeness (QED) is 0.729. The highest BCUT2D eigenvalue weighted by molar-refractivity contribution is 6.07. The number of benzene rings is 1. The molecule has 1 heterocycles. The van der Waals surface area contributed by atoms with Crippen LogP contribution in [0.4, 0.5) is 13.6 Å². The Morgan fingerprint density at radius 2 is 1.79 bits per heavy atom. The molecule has 0 atom stereocenters. The van der Waals surface area contributed by atoms with Crippen molar-refractivity contribution < 1.29 is 23.1 Å². The van der Waals surface area contributed by atoms with Gasteiger partial charge in [0, 0.05) is 25.1 Å².